The second kappa shape index (κ2) is 7.83. The lowest BCUT2D eigenvalue weighted by molar-refractivity contribution is 0.0728. The topological polar surface area (TPSA) is 86.8 Å². The predicted octanol–water partition coefficient (Wildman–Crippen LogP) is 4.69. The van der Waals surface area contributed by atoms with Gasteiger partial charge in [-0.15, -0.1) is 0 Å². The van der Waals surface area contributed by atoms with E-state index in [-0.39, 0.29) is 11.9 Å². The number of likely N-dealkylation sites (tertiary alicyclic amines) is 1. The third kappa shape index (κ3) is 3.74. The maximum atomic E-state index is 13.4. The van der Waals surface area contributed by atoms with Crippen molar-refractivity contribution in [2.45, 2.75) is 32.7 Å². The molecule has 1 aliphatic rings. The Morgan fingerprint density at radius 1 is 1.19 bits per heavy atom. The Bertz CT molecular complexity index is 1250. The molecule has 7 heteroatoms. The highest BCUT2D eigenvalue weighted by Gasteiger charge is 2.32. The monoisotopic (exact) mass is 412 g/mol. The number of aromatic amines is 1. The van der Waals surface area contributed by atoms with E-state index >= 15 is 0 Å². The van der Waals surface area contributed by atoms with E-state index < -0.39 is 0 Å². The zero-order chi connectivity index (χ0) is 21.4. The van der Waals surface area contributed by atoms with Crippen LogP contribution < -0.4 is 5.32 Å². The number of nitrogens with zero attached hydrogens (tertiary/aromatic N) is 4. The van der Waals surface area contributed by atoms with Crippen molar-refractivity contribution in [1.29, 1.82) is 0 Å². The predicted molar refractivity (Wildman–Crippen MR) is 120 cm³/mol. The largest absolute Gasteiger partial charge is 0.351 e. The molecule has 5 rings (SSSR count). The number of aryl methyl sites for hydroxylation is 2. The Morgan fingerprint density at radius 2 is 2.10 bits per heavy atom. The zero-order valence-corrected chi connectivity index (χ0v) is 17.6. The van der Waals surface area contributed by atoms with E-state index in [0.717, 1.165) is 52.9 Å². The van der Waals surface area contributed by atoms with Gasteiger partial charge in [-0.1, -0.05) is 12.1 Å². The van der Waals surface area contributed by atoms with Gasteiger partial charge in [-0.25, -0.2) is 4.98 Å². The molecule has 0 unspecified atom stereocenters. The van der Waals surface area contributed by atoms with Gasteiger partial charge in [0.1, 0.15) is 11.5 Å². The summed E-state index contributed by atoms with van der Waals surface area (Å²) in [5, 5.41) is 4.37. The first-order valence-electron chi connectivity index (χ1n) is 10.5. The van der Waals surface area contributed by atoms with Crippen molar-refractivity contribution in [3.8, 4) is 0 Å². The lowest BCUT2D eigenvalue weighted by Crippen LogP contribution is -2.31. The summed E-state index contributed by atoms with van der Waals surface area (Å²) < 4.78 is 0. The quantitative estimate of drug-likeness (QED) is 0.508. The lowest BCUT2D eigenvalue weighted by atomic mass is 10.1. The van der Waals surface area contributed by atoms with Gasteiger partial charge in [-0.05, 0) is 56.5 Å². The number of rotatable bonds is 4. The Balaban J connectivity index is 1.44. The van der Waals surface area contributed by atoms with Gasteiger partial charge in [0.05, 0.1) is 17.9 Å². The number of aromatic nitrogens is 4. The van der Waals surface area contributed by atoms with Gasteiger partial charge in [0.25, 0.3) is 5.91 Å². The summed E-state index contributed by atoms with van der Waals surface area (Å²) in [6.07, 6.45) is 6.82. The third-order valence-electron chi connectivity index (χ3n) is 5.78. The van der Waals surface area contributed by atoms with Crippen LogP contribution in [-0.2, 0) is 0 Å². The Morgan fingerprint density at radius 3 is 2.90 bits per heavy atom. The number of hydrogen-bond donors (Lipinski definition) is 2. The number of carbonyl (C=O) groups is 1. The molecule has 3 aromatic heterocycles. The smallest absolute Gasteiger partial charge is 0.270 e. The summed E-state index contributed by atoms with van der Waals surface area (Å²) in [5.74, 6) is 0.691. The molecule has 0 aliphatic carbocycles. The van der Waals surface area contributed by atoms with E-state index in [0.29, 0.717) is 11.5 Å². The molecule has 2 N–H and O–H groups in total. The fourth-order valence-corrected chi connectivity index (χ4v) is 4.34. The van der Waals surface area contributed by atoms with Gasteiger partial charge in [-0.3, -0.25) is 14.8 Å². The van der Waals surface area contributed by atoms with E-state index in [1.165, 1.54) is 0 Å². The molecule has 1 amide bonds. The summed E-state index contributed by atoms with van der Waals surface area (Å²) in [5.41, 5.74) is 5.45. The molecule has 1 aromatic carbocycles. The second-order valence-electron chi connectivity index (χ2n) is 8.01. The standard InChI is InChI=1S/C24H24N6O/c1-15-5-3-6-19-18(15)13-21(29-19)24(31)30-10-4-7-22(30)20-12-17(11-16(2)27-20)28-23-14-25-8-9-26-23/h3,5-6,8-9,11-14,22,29H,4,7,10H2,1-2H3,(H,26,27,28)/t22-/m1/s1. The van der Waals surface area contributed by atoms with Crippen molar-refractivity contribution < 1.29 is 4.79 Å². The van der Waals surface area contributed by atoms with Gasteiger partial charge >= 0.3 is 0 Å². The number of nitrogens with one attached hydrogen (secondary N) is 2. The number of H-pyrrole nitrogens is 1. The first-order valence-corrected chi connectivity index (χ1v) is 10.5. The molecule has 1 atom stereocenters. The summed E-state index contributed by atoms with van der Waals surface area (Å²) >= 11 is 0. The van der Waals surface area contributed by atoms with Gasteiger partial charge in [0.15, 0.2) is 0 Å². The first kappa shape index (κ1) is 19.2. The van der Waals surface area contributed by atoms with E-state index in [4.69, 9.17) is 4.98 Å². The fourth-order valence-electron chi connectivity index (χ4n) is 4.34. The van der Waals surface area contributed by atoms with Crippen LogP contribution in [0.15, 0.2) is 55.0 Å². The normalized spacial score (nSPS) is 16.1. The van der Waals surface area contributed by atoms with Crippen LogP contribution in [0.4, 0.5) is 11.5 Å². The fraction of sp³-hybridized carbons (Fsp3) is 0.250. The average Bonchev–Trinajstić information content (AvgIpc) is 3.42. The highest BCUT2D eigenvalue weighted by molar-refractivity contribution is 5.99. The summed E-state index contributed by atoms with van der Waals surface area (Å²) in [6, 6.07) is 12.0. The molecule has 1 aliphatic heterocycles. The Kier molecular flexibility index (Phi) is 4.86. The molecule has 1 fully saturated rings. The van der Waals surface area contributed by atoms with E-state index in [1.54, 1.807) is 18.6 Å². The molecule has 156 valence electrons. The molecule has 4 aromatic rings. The minimum absolute atomic E-state index is 0.0184. The average molecular weight is 412 g/mol. The van der Waals surface area contributed by atoms with Crippen molar-refractivity contribution in [1.82, 2.24) is 24.8 Å². The number of amides is 1. The highest BCUT2D eigenvalue weighted by Crippen LogP contribution is 2.34. The van der Waals surface area contributed by atoms with Crippen molar-refractivity contribution >= 4 is 28.3 Å². The lowest BCUT2D eigenvalue weighted by Gasteiger charge is -2.24. The molecule has 4 heterocycles. The summed E-state index contributed by atoms with van der Waals surface area (Å²) in [7, 11) is 0. The van der Waals surface area contributed by atoms with Crippen LogP contribution in [0.3, 0.4) is 0 Å². The van der Waals surface area contributed by atoms with Crippen LogP contribution >= 0.6 is 0 Å². The van der Waals surface area contributed by atoms with Crippen LogP contribution in [0.1, 0.15) is 46.3 Å². The molecule has 0 spiro atoms. The van der Waals surface area contributed by atoms with Crippen LogP contribution in [0, 0.1) is 13.8 Å². The molecular formula is C24H24N6O. The van der Waals surface area contributed by atoms with Crippen molar-refractivity contribution in [2.75, 3.05) is 11.9 Å². The van der Waals surface area contributed by atoms with Gasteiger partial charge < -0.3 is 15.2 Å². The Labute approximate surface area is 180 Å². The number of anilines is 2. The highest BCUT2D eigenvalue weighted by atomic mass is 16.2. The maximum Gasteiger partial charge on any atom is 0.270 e. The van der Waals surface area contributed by atoms with Gasteiger partial charge in [-0.2, -0.15) is 0 Å². The molecule has 7 nitrogen and oxygen atoms in total. The van der Waals surface area contributed by atoms with Crippen molar-refractivity contribution in [3.63, 3.8) is 0 Å². The molecule has 0 bridgehead atoms. The molecule has 0 saturated carbocycles. The van der Waals surface area contributed by atoms with Gasteiger partial charge in [0.2, 0.25) is 0 Å². The molecule has 0 radical (unpaired) electrons. The first-order chi connectivity index (χ1) is 15.1. The van der Waals surface area contributed by atoms with Crippen LogP contribution in [0.25, 0.3) is 10.9 Å². The van der Waals surface area contributed by atoms with Crippen LogP contribution in [0.2, 0.25) is 0 Å². The number of pyridine rings is 1. The minimum Gasteiger partial charge on any atom is -0.351 e. The number of carbonyl (C=O) groups excluding carboxylic acids is 1. The Hall–Kier alpha value is -3.74. The van der Waals surface area contributed by atoms with Crippen LogP contribution in [-0.4, -0.2) is 37.3 Å². The van der Waals surface area contributed by atoms with E-state index in [2.05, 4.69) is 33.3 Å². The van der Waals surface area contributed by atoms with E-state index in [9.17, 15) is 4.79 Å². The van der Waals surface area contributed by atoms with Crippen molar-refractivity contribution in [3.05, 3.63) is 77.6 Å². The molecular weight excluding hydrogens is 388 g/mol. The number of hydrogen-bond acceptors (Lipinski definition) is 5. The summed E-state index contributed by atoms with van der Waals surface area (Å²) in [4.78, 5) is 31.8. The summed E-state index contributed by atoms with van der Waals surface area (Å²) in [6.45, 7) is 4.75. The van der Waals surface area contributed by atoms with Crippen molar-refractivity contribution in [2.24, 2.45) is 0 Å². The third-order valence-corrected chi connectivity index (χ3v) is 5.78. The SMILES string of the molecule is Cc1cc(Nc2cnccn2)cc([C@H]2CCCN2C(=O)c2cc3c(C)cccc3[nH]2)n1. The second-order valence-corrected chi connectivity index (χ2v) is 8.01. The van der Waals surface area contributed by atoms with E-state index in [1.807, 2.05) is 42.2 Å². The number of fused-ring (bicyclic) bond motifs is 1. The minimum atomic E-state index is -0.0534. The molecule has 31 heavy (non-hydrogen) atoms. The zero-order valence-electron chi connectivity index (χ0n) is 17.6. The molecule has 1 saturated heterocycles. The number of benzene rings is 1. The van der Waals surface area contributed by atoms with Crippen LogP contribution in [0.5, 0.6) is 0 Å². The maximum absolute atomic E-state index is 13.4. The van der Waals surface area contributed by atoms with Gasteiger partial charge in [0, 0.05) is 41.2 Å².